The van der Waals surface area contributed by atoms with Crippen LogP contribution < -0.4 is 0 Å². The number of piperidine rings is 1. The molecule has 1 N–H and O–H groups in total. The summed E-state index contributed by atoms with van der Waals surface area (Å²) in [4.78, 5) is 7.10. The fourth-order valence-electron chi connectivity index (χ4n) is 3.29. The van der Waals surface area contributed by atoms with Gasteiger partial charge in [0.1, 0.15) is 5.82 Å². The predicted molar refractivity (Wildman–Crippen MR) is 76.1 cm³/mol. The average Bonchev–Trinajstić information content (AvgIpc) is 2.87. The molecule has 0 spiro atoms. The summed E-state index contributed by atoms with van der Waals surface area (Å²) in [6, 6.07) is 0. The lowest BCUT2D eigenvalue weighted by Gasteiger charge is -2.32. The van der Waals surface area contributed by atoms with Gasteiger partial charge in [-0.2, -0.15) is 5.10 Å². The zero-order valence-electron chi connectivity index (χ0n) is 11.9. The van der Waals surface area contributed by atoms with E-state index in [0.29, 0.717) is 5.92 Å². The van der Waals surface area contributed by atoms with E-state index in [9.17, 15) is 0 Å². The highest BCUT2D eigenvalue weighted by atomic mass is 15.2. The largest absolute Gasteiger partial charge is 0.299 e. The number of nitrogens with zero attached hydrogens (tertiary/aromatic N) is 3. The Balaban J connectivity index is 1.60. The molecule has 0 saturated carbocycles. The Kier molecular flexibility index (Phi) is 3.97. The van der Waals surface area contributed by atoms with Gasteiger partial charge in [-0.05, 0) is 52.0 Å². The van der Waals surface area contributed by atoms with Crippen LogP contribution >= 0.6 is 0 Å². The van der Waals surface area contributed by atoms with Crippen molar-refractivity contribution in [3.63, 3.8) is 0 Å². The van der Waals surface area contributed by atoms with Gasteiger partial charge < -0.3 is 0 Å². The Bertz CT molecular complexity index is 449. The van der Waals surface area contributed by atoms with E-state index in [-0.39, 0.29) is 0 Å². The van der Waals surface area contributed by atoms with Crippen molar-refractivity contribution in [1.29, 1.82) is 0 Å². The van der Waals surface area contributed by atoms with Crippen LogP contribution in [0.5, 0.6) is 0 Å². The van der Waals surface area contributed by atoms with Gasteiger partial charge in [0.05, 0.1) is 0 Å². The summed E-state index contributed by atoms with van der Waals surface area (Å²) in [5.74, 6) is 2.46. The van der Waals surface area contributed by atoms with E-state index >= 15 is 0 Å². The maximum absolute atomic E-state index is 4.51. The summed E-state index contributed by atoms with van der Waals surface area (Å²) >= 11 is 0. The van der Waals surface area contributed by atoms with Crippen molar-refractivity contribution in [1.82, 2.24) is 20.1 Å². The summed E-state index contributed by atoms with van der Waals surface area (Å²) < 4.78 is 0. The number of hydrogen-bond acceptors (Lipinski definition) is 3. The number of nitrogens with one attached hydrogen (secondary N) is 1. The van der Waals surface area contributed by atoms with Crippen LogP contribution in [-0.2, 0) is 0 Å². The van der Waals surface area contributed by atoms with E-state index < -0.39 is 0 Å². The van der Waals surface area contributed by atoms with Gasteiger partial charge in [-0.25, -0.2) is 4.98 Å². The molecule has 1 aliphatic carbocycles. The fourth-order valence-corrected chi connectivity index (χ4v) is 3.29. The summed E-state index contributed by atoms with van der Waals surface area (Å²) in [5.41, 5.74) is 1.65. The zero-order chi connectivity index (χ0) is 13.1. The Hall–Kier alpha value is -1.16. The summed E-state index contributed by atoms with van der Waals surface area (Å²) in [7, 11) is 0. The third kappa shape index (κ3) is 3.24. The maximum atomic E-state index is 4.51. The van der Waals surface area contributed by atoms with Crippen LogP contribution in [0.25, 0.3) is 0 Å². The Morgan fingerprint density at radius 3 is 3.05 bits per heavy atom. The van der Waals surface area contributed by atoms with Crippen LogP contribution in [0.1, 0.15) is 56.1 Å². The number of aromatic amines is 1. The van der Waals surface area contributed by atoms with Gasteiger partial charge in [0, 0.05) is 19.0 Å². The van der Waals surface area contributed by atoms with E-state index in [1.807, 2.05) is 6.92 Å². The number of aromatic nitrogens is 3. The molecule has 1 aliphatic heterocycles. The lowest BCUT2D eigenvalue weighted by molar-refractivity contribution is 0.217. The van der Waals surface area contributed by atoms with E-state index in [1.54, 1.807) is 5.57 Å². The van der Waals surface area contributed by atoms with Crippen LogP contribution in [-0.4, -0.2) is 39.7 Å². The third-order valence-corrected chi connectivity index (χ3v) is 4.30. The minimum Gasteiger partial charge on any atom is -0.299 e. The van der Waals surface area contributed by atoms with Gasteiger partial charge in [0.25, 0.3) is 0 Å². The molecule has 0 aromatic carbocycles. The topological polar surface area (TPSA) is 44.8 Å². The molecule has 1 fully saturated rings. The van der Waals surface area contributed by atoms with Crippen LogP contribution in [0.2, 0.25) is 0 Å². The Morgan fingerprint density at radius 1 is 1.37 bits per heavy atom. The van der Waals surface area contributed by atoms with Gasteiger partial charge in [-0.3, -0.25) is 10.00 Å². The standard InChI is InChI=1S/C15H24N4/c1-12-16-15(18-17-12)14-8-5-9-19(11-14)10-13-6-3-2-4-7-13/h6,14H,2-5,7-11H2,1H3,(H,16,17,18). The molecule has 4 heteroatoms. The second-order valence-electron chi connectivity index (χ2n) is 5.96. The van der Waals surface area contributed by atoms with Crippen molar-refractivity contribution in [2.24, 2.45) is 0 Å². The average molecular weight is 260 g/mol. The zero-order valence-corrected chi connectivity index (χ0v) is 11.9. The number of allylic oxidation sites excluding steroid dienone is 1. The molecule has 2 heterocycles. The quantitative estimate of drug-likeness (QED) is 0.850. The third-order valence-electron chi connectivity index (χ3n) is 4.30. The van der Waals surface area contributed by atoms with Gasteiger partial charge in [0.15, 0.2) is 5.82 Å². The summed E-state index contributed by atoms with van der Waals surface area (Å²) in [6.45, 7) is 5.50. The van der Waals surface area contributed by atoms with Crippen LogP contribution in [0, 0.1) is 6.92 Å². The highest BCUT2D eigenvalue weighted by Gasteiger charge is 2.24. The number of hydrogen-bond donors (Lipinski definition) is 1. The molecular weight excluding hydrogens is 236 g/mol. The number of rotatable bonds is 3. The molecule has 19 heavy (non-hydrogen) atoms. The van der Waals surface area contributed by atoms with Crippen molar-refractivity contribution >= 4 is 0 Å². The van der Waals surface area contributed by atoms with Gasteiger partial charge in [-0.1, -0.05) is 11.6 Å². The van der Waals surface area contributed by atoms with Crippen molar-refractivity contribution < 1.29 is 0 Å². The van der Waals surface area contributed by atoms with Crippen molar-refractivity contribution in [3.05, 3.63) is 23.3 Å². The molecule has 0 radical (unpaired) electrons. The van der Waals surface area contributed by atoms with Gasteiger partial charge in [-0.15, -0.1) is 0 Å². The van der Waals surface area contributed by atoms with Crippen LogP contribution in [0.15, 0.2) is 11.6 Å². The van der Waals surface area contributed by atoms with Crippen molar-refractivity contribution in [3.8, 4) is 0 Å². The second-order valence-corrected chi connectivity index (χ2v) is 5.96. The number of H-pyrrole nitrogens is 1. The molecular formula is C15H24N4. The first-order chi connectivity index (χ1) is 9.31. The SMILES string of the molecule is Cc1nc(C2CCCN(CC3=CCCCC3)C2)n[nH]1. The van der Waals surface area contributed by atoms with E-state index in [4.69, 9.17) is 0 Å². The van der Waals surface area contributed by atoms with E-state index in [2.05, 4.69) is 26.2 Å². The molecule has 2 aliphatic rings. The van der Waals surface area contributed by atoms with Gasteiger partial charge >= 0.3 is 0 Å². The highest BCUT2D eigenvalue weighted by Crippen LogP contribution is 2.26. The van der Waals surface area contributed by atoms with Crippen molar-refractivity contribution in [2.75, 3.05) is 19.6 Å². The number of likely N-dealkylation sites (tertiary alicyclic amines) is 1. The lowest BCUT2D eigenvalue weighted by atomic mass is 9.95. The number of aryl methyl sites for hydroxylation is 1. The van der Waals surface area contributed by atoms with Crippen molar-refractivity contribution in [2.45, 2.75) is 51.4 Å². The lowest BCUT2D eigenvalue weighted by Crippen LogP contribution is -2.36. The normalized spacial score (nSPS) is 25.3. The van der Waals surface area contributed by atoms with Crippen LogP contribution in [0.3, 0.4) is 0 Å². The maximum Gasteiger partial charge on any atom is 0.155 e. The molecule has 3 rings (SSSR count). The smallest absolute Gasteiger partial charge is 0.155 e. The molecule has 1 saturated heterocycles. The predicted octanol–water partition coefficient (Wildman–Crippen LogP) is 2.79. The second kappa shape index (κ2) is 5.87. The molecule has 1 unspecified atom stereocenters. The monoisotopic (exact) mass is 260 g/mol. The first-order valence-corrected chi connectivity index (χ1v) is 7.60. The molecule has 0 bridgehead atoms. The molecule has 1 aromatic rings. The Morgan fingerprint density at radius 2 is 2.32 bits per heavy atom. The first-order valence-electron chi connectivity index (χ1n) is 7.60. The minimum atomic E-state index is 0.517. The van der Waals surface area contributed by atoms with Crippen LogP contribution in [0.4, 0.5) is 0 Å². The molecule has 4 nitrogen and oxygen atoms in total. The summed E-state index contributed by atoms with van der Waals surface area (Å²) in [6.07, 6.45) is 10.3. The van der Waals surface area contributed by atoms with E-state index in [1.165, 1.54) is 51.6 Å². The fraction of sp³-hybridized carbons (Fsp3) is 0.733. The molecule has 1 aromatic heterocycles. The Labute approximate surface area is 115 Å². The van der Waals surface area contributed by atoms with Gasteiger partial charge in [0.2, 0.25) is 0 Å². The molecule has 0 amide bonds. The minimum absolute atomic E-state index is 0.517. The first kappa shape index (κ1) is 12.9. The van der Waals surface area contributed by atoms with E-state index in [0.717, 1.165) is 18.2 Å². The molecule has 1 atom stereocenters. The highest BCUT2D eigenvalue weighted by molar-refractivity contribution is 5.08. The summed E-state index contributed by atoms with van der Waals surface area (Å²) in [5, 5.41) is 7.31. The molecule has 104 valence electrons.